The monoisotopic (exact) mass is 395 g/mol. The molecule has 1 amide bonds. The summed E-state index contributed by atoms with van der Waals surface area (Å²) in [6, 6.07) is 5.23. The predicted molar refractivity (Wildman–Crippen MR) is 103 cm³/mol. The number of hydrogen-bond acceptors (Lipinski definition) is 5. The second-order valence-electron chi connectivity index (χ2n) is 7.23. The van der Waals surface area contributed by atoms with Crippen LogP contribution in [-0.4, -0.2) is 87.5 Å². The summed E-state index contributed by atoms with van der Waals surface area (Å²) in [4.78, 5) is 16.8. The molecule has 0 aliphatic carbocycles. The second-order valence-corrected chi connectivity index (χ2v) is 9.17. The van der Waals surface area contributed by atoms with Crippen molar-refractivity contribution >= 4 is 15.9 Å². The van der Waals surface area contributed by atoms with E-state index in [0.717, 1.165) is 44.0 Å². The van der Waals surface area contributed by atoms with Gasteiger partial charge in [-0.3, -0.25) is 9.69 Å². The van der Waals surface area contributed by atoms with Gasteiger partial charge in [-0.25, -0.2) is 8.42 Å². The molecule has 0 spiro atoms. The van der Waals surface area contributed by atoms with Crippen molar-refractivity contribution in [1.29, 1.82) is 0 Å². The highest BCUT2D eigenvalue weighted by molar-refractivity contribution is 7.89. The summed E-state index contributed by atoms with van der Waals surface area (Å²) in [5.41, 5.74) is 2.04. The van der Waals surface area contributed by atoms with E-state index in [4.69, 9.17) is 4.74 Å². The summed E-state index contributed by atoms with van der Waals surface area (Å²) in [6.07, 6.45) is 0.476. The summed E-state index contributed by atoms with van der Waals surface area (Å²) in [7, 11) is -3.51. The number of piperazine rings is 1. The van der Waals surface area contributed by atoms with Gasteiger partial charge >= 0.3 is 0 Å². The van der Waals surface area contributed by atoms with Crippen molar-refractivity contribution in [2.45, 2.75) is 25.2 Å². The van der Waals surface area contributed by atoms with Gasteiger partial charge in [0.1, 0.15) is 0 Å². The molecule has 27 heavy (non-hydrogen) atoms. The Balaban J connectivity index is 1.53. The summed E-state index contributed by atoms with van der Waals surface area (Å²) in [6.45, 7) is 9.40. The first-order chi connectivity index (χ1) is 12.9. The van der Waals surface area contributed by atoms with Gasteiger partial charge in [-0.15, -0.1) is 0 Å². The highest BCUT2D eigenvalue weighted by Gasteiger charge is 2.30. The second kappa shape index (κ2) is 8.68. The van der Waals surface area contributed by atoms with Crippen LogP contribution in [0, 0.1) is 13.8 Å². The minimum absolute atomic E-state index is 0.102. The fourth-order valence-corrected chi connectivity index (χ4v) is 4.95. The van der Waals surface area contributed by atoms with Crippen LogP contribution in [0.2, 0.25) is 0 Å². The van der Waals surface area contributed by atoms with Crippen molar-refractivity contribution in [2.24, 2.45) is 0 Å². The molecule has 8 heteroatoms. The minimum atomic E-state index is -3.51. The maximum Gasteiger partial charge on any atom is 0.243 e. The third kappa shape index (κ3) is 4.87. The van der Waals surface area contributed by atoms with Crippen molar-refractivity contribution < 1.29 is 17.9 Å². The van der Waals surface area contributed by atoms with Crippen LogP contribution in [0.15, 0.2) is 23.1 Å². The summed E-state index contributed by atoms with van der Waals surface area (Å²) >= 11 is 0. The van der Waals surface area contributed by atoms with Crippen LogP contribution in [0.5, 0.6) is 0 Å². The van der Waals surface area contributed by atoms with Crippen molar-refractivity contribution in [3.8, 4) is 0 Å². The Morgan fingerprint density at radius 3 is 2.30 bits per heavy atom. The number of aryl methyl sites for hydroxylation is 2. The zero-order chi connectivity index (χ0) is 19.4. The number of rotatable bonds is 5. The van der Waals surface area contributed by atoms with Gasteiger partial charge < -0.3 is 9.64 Å². The Morgan fingerprint density at radius 1 is 1.00 bits per heavy atom. The molecular weight excluding hydrogens is 366 g/mol. The fraction of sp³-hybridized carbons (Fsp3) is 0.632. The molecule has 1 aromatic carbocycles. The van der Waals surface area contributed by atoms with Crippen LogP contribution < -0.4 is 0 Å². The van der Waals surface area contributed by atoms with E-state index in [1.807, 2.05) is 19.9 Å². The minimum Gasteiger partial charge on any atom is -0.379 e. The Labute approximate surface area is 161 Å². The van der Waals surface area contributed by atoms with Gasteiger partial charge in [0, 0.05) is 52.2 Å². The Bertz CT molecular complexity index is 767. The molecule has 2 fully saturated rings. The molecule has 0 aromatic heterocycles. The van der Waals surface area contributed by atoms with Gasteiger partial charge in [-0.2, -0.15) is 4.31 Å². The first kappa shape index (κ1) is 20.3. The Hall–Kier alpha value is -1.48. The van der Waals surface area contributed by atoms with E-state index in [2.05, 4.69) is 4.90 Å². The molecule has 0 N–H and O–H groups in total. The van der Waals surface area contributed by atoms with Gasteiger partial charge in [0.05, 0.1) is 18.1 Å². The van der Waals surface area contributed by atoms with E-state index >= 15 is 0 Å². The van der Waals surface area contributed by atoms with Crippen molar-refractivity contribution in [2.75, 3.05) is 59.0 Å². The third-order valence-corrected chi connectivity index (χ3v) is 7.35. The van der Waals surface area contributed by atoms with Crippen molar-refractivity contribution in [3.63, 3.8) is 0 Å². The van der Waals surface area contributed by atoms with Crippen molar-refractivity contribution in [3.05, 3.63) is 29.3 Å². The van der Waals surface area contributed by atoms with E-state index < -0.39 is 10.0 Å². The van der Waals surface area contributed by atoms with E-state index in [1.54, 1.807) is 17.0 Å². The van der Waals surface area contributed by atoms with Gasteiger partial charge in [-0.05, 0) is 37.1 Å². The molecule has 0 atom stereocenters. The SMILES string of the molecule is Cc1ccc(S(=O)(=O)N2CCN(C(=O)CCN3CCOCC3)CC2)cc1C. The van der Waals surface area contributed by atoms with Crippen LogP contribution in [0.25, 0.3) is 0 Å². The number of ether oxygens (including phenoxy) is 1. The molecule has 3 rings (SSSR count). The number of carbonyl (C=O) groups excluding carboxylic acids is 1. The topological polar surface area (TPSA) is 70.2 Å². The molecule has 0 unspecified atom stereocenters. The van der Waals surface area contributed by atoms with Crippen LogP contribution in [-0.2, 0) is 19.6 Å². The predicted octanol–water partition coefficient (Wildman–Crippen LogP) is 0.859. The quantitative estimate of drug-likeness (QED) is 0.740. The molecular formula is C19H29N3O4S. The zero-order valence-electron chi connectivity index (χ0n) is 16.2. The van der Waals surface area contributed by atoms with Gasteiger partial charge in [0.25, 0.3) is 0 Å². The average Bonchev–Trinajstić information content (AvgIpc) is 2.69. The zero-order valence-corrected chi connectivity index (χ0v) is 17.0. The van der Waals surface area contributed by atoms with E-state index in [1.165, 1.54) is 4.31 Å². The molecule has 0 bridgehead atoms. The number of benzene rings is 1. The highest BCUT2D eigenvalue weighted by Crippen LogP contribution is 2.20. The van der Waals surface area contributed by atoms with Crippen LogP contribution in [0.3, 0.4) is 0 Å². The van der Waals surface area contributed by atoms with Gasteiger partial charge in [-0.1, -0.05) is 6.07 Å². The maximum atomic E-state index is 12.9. The fourth-order valence-electron chi connectivity index (χ4n) is 3.44. The standard InChI is InChI=1S/C19H29N3O4S/c1-16-3-4-18(15-17(16)2)27(24,25)22-9-7-21(8-10-22)19(23)5-6-20-11-13-26-14-12-20/h3-4,15H,5-14H2,1-2H3. The average molecular weight is 396 g/mol. The summed E-state index contributed by atoms with van der Waals surface area (Å²) in [5.74, 6) is 0.102. The van der Waals surface area contributed by atoms with Crippen LogP contribution in [0.1, 0.15) is 17.5 Å². The highest BCUT2D eigenvalue weighted by atomic mass is 32.2. The number of hydrogen-bond donors (Lipinski definition) is 0. The van der Waals surface area contributed by atoms with Crippen molar-refractivity contribution in [1.82, 2.24) is 14.1 Å². The lowest BCUT2D eigenvalue weighted by Crippen LogP contribution is -2.51. The Morgan fingerprint density at radius 2 is 1.67 bits per heavy atom. The number of sulfonamides is 1. The summed E-state index contributed by atoms with van der Waals surface area (Å²) < 4.78 is 32.5. The molecule has 2 heterocycles. The lowest BCUT2D eigenvalue weighted by molar-refractivity contribution is -0.133. The molecule has 0 radical (unpaired) electrons. The van der Waals surface area contributed by atoms with Gasteiger partial charge in [0.15, 0.2) is 0 Å². The van der Waals surface area contributed by atoms with E-state index in [0.29, 0.717) is 37.5 Å². The molecule has 7 nitrogen and oxygen atoms in total. The number of carbonyl (C=O) groups is 1. The molecule has 0 saturated carbocycles. The lowest BCUT2D eigenvalue weighted by Gasteiger charge is -2.34. The molecule has 2 aliphatic rings. The largest absolute Gasteiger partial charge is 0.379 e. The smallest absolute Gasteiger partial charge is 0.243 e. The van der Waals surface area contributed by atoms with E-state index in [9.17, 15) is 13.2 Å². The summed E-state index contributed by atoms with van der Waals surface area (Å²) in [5, 5.41) is 0. The molecule has 2 aliphatic heterocycles. The number of morpholine rings is 1. The molecule has 150 valence electrons. The van der Waals surface area contributed by atoms with Gasteiger partial charge in [0.2, 0.25) is 15.9 Å². The number of nitrogens with zero attached hydrogens (tertiary/aromatic N) is 3. The van der Waals surface area contributed by atoms with E-state index in [-0.39, 0.29) is 5.91 Å². The maximum absolute atomic E-state index is 12.9. The lowest BCUT2D eigenvalue weighted by atomic mass is 10.1. The normalized spacial score (nSPS) is 20.0. The van der Waals surface area contributed by atoms with Crippen LogP contribution >= 0.6 is 0 Å². The first-order valence-corrected chi connectivity index (χ1v) is 11.0. The number of amides is 1. The Kier molecular flexibility index (Phi) is 6.52. The molecule has 1 aromatic rings. The van der Waals surface area contributed by atoms with Crippen LogP contribution in [0.4, 0.5) is 0 Å². The third-order valence-electron chi connectivity index (χ3n) is 5.45. The first-order valence-electron chi connectivity index (χ1n) is 9.53. The molecule has 2 saturated heterocycles.